The molecule has 6 nitrogen and oxygen atoms in total. The number of rotatable bonds is 4. The molecule has 0 radical (unpaired) electrons. The van der Waals surface area contributed by atoms with Crippen LogP contribution in [0.2, 0.25) is 0 Å². The molecular weight excluding hydrogens is 230 g/mol. The van der Waals surface area contributed by atoms with Gasteiger partial charge in [0.1, 0.15) is 6.33 Å². The number of hydrogen-bond acceptors (Lipinski definition) is 3. The van der Waals surface area contributed by atoms with E-state index in [1.54, 1.807) is 24.8 Å². The molecule has 2 rings (SSSR count). The molecule has 0 aliphatic heterocycles. The minimum absolute atomic E-state index is 0.123. The summed E-state index contributed by atoms with van der Waals surface area (Å²) in [5.74, 6) is 0.635. The van der Waals surface area contributed by atoms with Gasteiger partial charge in [0.25, 0.3) is 5.91 Å². The highest BCUT2D eigenvalue weighted by Crippen LogP contribution is 2.14. The molecule has 2 aromatic rings. The Morgan fingerprint density at radius 2 is 2.22 bits per heavy atom. The van der Waals surface area contributed by atoms with Crippen LogP contribution in [0.3, 0.4) is 0 Å². The Hall–Kier alpha value is -2.11. The van der Waals surface area contributed by atoms with Crippen LogP contribution in [0.25, 0.3) is 0 Å². The molecule has 1 atom stereocenters. The van der Waals surface area contributed by atoms with Crippen molar-refractivity contribution in [3.05, 3.63) is 36.2 Å². The summed E-state index contributed by atoms with van der Waals surface area (Å²) in [4.78, 5) is 14.8. The largest absolute Gasteiger partial charge is 0.367 e. The molecule has 2 heterocycles. The van der Waals surface area contributed by atoms with Crippen molar-refractivity contribution in [1.29, 1.82) is 0 Å². The molecule has 1 unspecified atom stereocenters. The Balaban J connectivity index is 2.10. The number of aromatic amines is 1. The molecule has 1 amide bonds. The molecule has 0 aromatic carbocycles. The summed E-state index contributed by atoms with van der Waals surface area (Å²) in [6.45, 7) is 5.99. The second kappa shape index (κ2) is 5.03. The van der Waals surface area contributed by atoms with Gasteiger partial charge < -0.3 is 14.9 Å². The van der Waals surface area contributed by atoms with Crippen LogP contribution in [0.15, 0.2) is 24.8 Å². The van der Waals surface area contributed by atoms with E-state index in [-0.39, 0.29) is 18.0 Å². The number of hydrogen-bond donors (Lipinski definition) is 2. The molecule has 96 valence electrons. The Morgan fingerprint density at radius 3 is 2.83 bits per heavy atom. The van der Waals surface area contributed by atoms with Crippen LogP contribution in [-0.2, 0) is 0 Å². The summed E-state index contributed by atoms with van der Waals surface area (Å²) in [5.41, 5.74) is 0.609. The third-order valence-electron chi connectivity index (χ3n) is 2.75. The van der Waals surface area contributed by atoms with Crippen molar-refractivity contribution in [2.24, 2.45) is 0 Å². The van der Waals surface area contributed by atoms with Gasteiger partial charge in [-0.3, -0.25) is 4.79 Å². The number of aromatic nitrogens is 4. The molecule has 0 saturated heterocycles. The van der Waals surface area contributed by atoms with Crippen LogP contribution in [0.4, 0.5) is 0 Å². The van der Waals surface area contributed by atoms with Gasteiger partial charge in [-0.05, 0) is 26.8 Å². The monoisotopic (exact) mass is 247 g/mol. The maximum atomic E-state index is 11.9. The summed E-state index contributed by atoms with van der Waals surface area (Å²) in [7, 11) is 0. The van der Waals surface area contributed by atoms with Crippen molar-refractivity contribution < 1.29 is 4.79 Å². The van der Waals surface area contributed by atoms with Crippen LogP contribution in [0, 0.1) is 0 Å². The minimum atomic E-state index is -0.183. The zero-order chi connectivity index (χ0) is 13.1. The predicted octanol–water partition coefficient (Wildman–Crippen LogP) is 1.68. The molecule has 0 bridgehead atoms. The molecule has 0 aliphatic carbocycles. The molecule has 0 fully saturated rings. The average molecular weight is 247 g/mol. The maximum absolute atomic E-state index is 11.9. The van der Waals surface area contributed by atoms with Crippen LogP contribution < -0.4 is 5.32 Å². The second-order valence-electron chi connectivity index (χ2n) is 4.48. The quantitative estimate of drug-likeness (QED) is 0.863. The second-order valence-corrected chi connectivity index (χ2v) is 4.48. The first-order valence-corrected chi connectivity index (χ1v) is 5.92. The zero-order valence-electron chi connectivity index (χ0n) is 10.7. The van der Waals surface area contributed by atoms with E-state index >= 15 is 0 Å². The number of amides is 1. The van der Waals surface area contributed by atoms with Gasteiger partial charge in [0.15, 0.2) is 5.82 Å². The lowest BCUT2D eigenvalue weighted by Gasteiger charge is -2.16. The summed E-state index contributed by atoms with van der Waals surface area (Å²) in [5, 5.41) is 10.8. The van der Waals surface area contributed by atoms with Gasteiger partial charge in [0.2, 0.25) is 0 Å². The predicted molar refractivity (Wildman–Crippen MR) is 67.1 cm³/mol. The van der Waals surface area contributed by atoms with Crippen LogP contribution in [0.1, 0.15) is 49.0 Å². The van der Waals surface area contributed by atoms with Gasteiger partial charge in [-0.25, -0.2) is 0 Å². The first kappa shape index (κ1) is 12.3. The summed E-state index contributed by atoms with van der Waals surface area (Å²) < 4.78 is 1.95. The van der Waals surface area contributed by atoms with Gasteiger partial charge in [0.05, 0.1) is 11.6 Å². The van der Waals surface area contributed by atoms with Gasteiger partial charge >= 0.3 is 0 Å². The van der Waals surface area contributed by atoms with Crippen molar-refractivity contribution in [3.8, 4) is 0 Å². The van der Waals surface area contributed by atoms with E-state index in [0.29, 0.717) is 5.56 Å². The molecule has 0 saturated carbocycles. The normalized spacial score (nSPS) is 12.7. The van der Waals surface area contributed by atoms with Gasteiger partial charge in [0, 0.05) is 18.4 Å². The fraction of sp³-hybridized carbons (Fsp3) is 0.417. The molecule has 6 heteroatoms. The fourth-order valence-electron chi connectivity index (χ4n) is 1.77. The molecular formula is C12H17N5O. The van der Waals surface area contributed by atoms with Gasteiger partial charge in [-0.2, -0.15) is 0 Å². The molecule has 0 aliphatic rings. The Bertz CT molecular complexity index is 514. The highest BCUT2D eigenvalue weighted by Gasteiger charge is 2.17. The van der Waals surface area contributed by atoms with E-state index in [2.05, 4.69) is 20.5 Å². The molecule has 2 N–H and O–H groups in total. The third-order valence-corrected chi connectivity index (χ3v) is 2.75. The van der Waals surface area contributed by atoms with Crippen LogP contribution in [0.5, 0.6) is 0 Å². The van der Waals surface area contributed by atoms with E-state index < -0.39 is 0 Å². The molecule has 2 aromatic heterocycles. The van der Waals surface area contributed by atoms with Crippen molar-refractivity contribution in [2.45, 2.75) is 32.9 Å². The Morgan fingerprint density at radius 1 is 1.44 bits per heavy atom. The van der Waals surface area contributed by atoms with Crippen molar-refractivity contribution in [3.63, 3.8) is 0 Å². The minimum Gasteiger partial charge on any atom is -0.367 e. The summed E-state index contributed by atoms with van der Waals surface area (Å²) in [6.07, 6.45) is 5.06. The van der Waals surface area contributed by atoms with E-state index in [4.69, 9.17) is 0 Å². The first-order valence-electron chi connectivity index (χ1n) is 5.92. The number of carbonyl (C=O) groups is 1. The average Bonchev–Trinajstić information content (AvgIpc) is 3.00. The highest BCUT2D eigenvalue weighted by atomic mass is 16.1. The smallest absolute Gasteiger partial charge is 0.253 e. The lowest BCUT2D eigenvalue weighted by Crippen LogP contribution is -2.28. The van der Waals surface area contributed by atoms with Gasteiger partial charge in [-0.15, -0.1) is 10.2 Å². The number of carbonyl (C=O) groups excluding carboxylic acids is 1. The number of nitrogens with zero attached hydrogens (tertiary/aromatic N) is 3. The lowest BCUT2D eigenvalue weighted by molar-refractivity contribution is 0.0937. The van der Waals surface area contributed by atoms with Crippen LogP contribution >= 0.6 is 0 Å². The number of H-pyrrole nitrogens is 1. The summed E-state index contributed by atoms with van der Waals surface area (Å²) in [6, 6.07) is 1.81. The first-order chi connectivity index (χ1) is 8.59. The Kier molecular flexibility index (Phi) is 3.45. The van der Waals surface area contributed by atoms with Crippen LogP contribution in [-0.4, -0.2) is 25.7 Å². The lowest BCUT2D eigenvalue weighted by atomic mass is 10.2. The van der Waals surface area contributed by atoms with E-state index in [9.17, 15) is 4.79 Å². The SMILES string of the molecule is CC(NC(=O)c1cc[nH]c1)c1nncn1C(C)C. The third kappa shape index (κ3) is 2.42. The number of nitrogens with one attached hydrogen (secondary N) is 2. The van der Waals surface area contributed by atoms with Crippen molar-refractivity contribution in [2.75, 3.05) is 0 Å². The maximum Gasteiger partial charge on any atom is 0.253 e. The fourth-order valence-corrected chi connectivity index (χ4v) is 1.77. The van der Waals surface area contributed by atoms with Gasteiger partial charge in [-0.1, -0.05) is 0 Å². The van der Waals surface area contributed by atoms with E-state index in [0.717, 1.165) is 5.82 Å². The van der Waals surface area contributed by atoms with Crippen molar-refractivity contribution in [1.82, 2.24) is 25.1 Å². The standard InChI is InChI=1S/C12H17N5O/c1-8(2)17-7-14-16-11(17)9(3)15-12(18)10-4-5-13-6-10/h4-9,13H,1-3H3,(H,15,18). The topological polar surface area (TPSA) is 75.6 Å². The molecule has 18 heavy (non-hydrogen) atoms. The van der Waals surface area contributed by atoms with E-state index in [1.165, 1.54) is 0 Å². The van der Waals surface area contributed by atoms with E-state index in [1.807, 2.05) is 25.3 Å². The van der Waals surface area contributed by atoms with Crippen molar-refractivity contribution >= 4 is 5.91 Å². The summed E-state index contributed by atoms with van der Waals surface area (Å²) >= 11 is 0. The Labute approximate surface area is 105 Å². The highest BCUT2D eigenvalue weighted by molar-refractivity contribution is 5.94. The molecule has 0 spiro atoms. The zero-order valence-corrected chi connectivity index (χ0v) is 10.7.